The number of rotatable bonds is 5. The van der Waals surface area contributed by atoms with Crippen molar-refractivity contribution >= 4 is 28.1 Å². The van der Waals surface area contributed by atoms with Crippen LogP contribution in [0.2, 0.25) is 0 Å². The molecule has 0 atom stereocenters. The molecule has 4 nitrogen and oxygen atoms in total. The summed E-state index contributed by atoms with van der Waals surface area (Å²) in [6.07, 6.45) is 0. The summed E-state index contributed by atoms with van der Waals surface area (Å²) in [4.78, 5) is 7.62. The van der Waals surface area contributed by atoms with E-state index in [-0.39, 0.29) is 0 Å². The van der Waals surface area contributed by atoms with Gasteiger partial charge in [-0.05, 0) is 35.0 Å². The number of nitrogens with one attached hydrogen (secondary N) is 1. The van der Waals surface area contributed by atoms with Crippen LogP contribution in [0.5, 0.6) is 5.75 Å². The topological polar surface area (TPSA) is 47.1 Å². The molecule has 0 aliphatic carbocycles. The molecule has 0 aliphatic rings. The summed E-state index contributed by atoms with van der Waals surface area (Å²) in [5.74, 6) is 1.51. The van der Waals surface area contributed by atoms with Crippen LogP contribution in [0.4, 0.5) is 0 Å². The smallest absolute Gasteiger partial charge is 0.144 e. The van der Waals surface area contributed by atoms with Crippen LogP contribution in [0.3, 0.4) is 0 Å². The molecule has 1 aromatic heterocycles. The van der Waals surface area contributed by atoms with Gasteiger partial charge in [-0.3, -0.25) is 0 Å². The van der Waals surface area contributed by atoms with Crippen LogP contribution in [0.15, 0.2) is 28.7 Å². The second-order valence-corrected chi connectivity index (χ2v) is 5.26. The van der Waals surface area contributed by atoms with Crippen molar-refractivity contribution in [1.29, 1.82) is 0 Å². The van der Waals surface area contributed by atoms with E-state index < -0.39 is 0 Å². The van der Waals surface area contributed by atoms with Gasteiger partial charge in [0.25, 0.3) is 0 Å². The second kappa shape index (κ2) is 6.97. The average molecular weight is 355 g/mol. The number of hydrogen-bond acceptors (Lipinski definition) is 4. The second-order valence-electron chi connectivity index (χ2n) is 4.08. The molecule has 106 valence electrons. The number of H-pyrrole nitrogens is 1. The van der Waals surface area contributed by atoms with Gasteiger partial charge in [0.2, 0.25) is 0 Å². The van der Waals surface area contributed by atoms with Crippen LogP contribution >= 0.6 is 28.1 Å². The van der Waals surface area contributed by atoms with Crippen LogP contribution < -0.4 is 4.74 Å². The van der Waals surface area contributed by atoms with E-state index in [1.54, 1.807) is 7.11 Å². The van der Waals surface area contributed by atoms with Crippen molar-refractivity contribution in [2.75, 3.05) is 13.7 Å². The third-order valence-corrected chi connectivity index (χ3v) is 4.05. The molecule has 0 amide bonds. The molecule has 6 heteroatoms. The summed E-state index contributed by atoms with van der Waals surface area (Å²) >= 11 is 8.69. The van der Waals surface area contributed by atoms with Crippen molar-refractivity contribution < 1.29 is 9.47 Å². The third-order valence-electron chi connectivity index (χ3n) is 2.64. The van der Waals surface area contributed by atoms with Crippen LogP contribution in [0.1, 0.15) is 12.6 Å². The van der Waals surface area contributed by atoms with E-state index in [1.807, 2.05) is 31.2 Å². The third kappa shape index (κ3) is 3.45. The lowest BCUT2D eigenvalue weighted by molar-refractivity contribution is 0.181. The molecular formula is C14H15BrN2O2S. The van der Waals surface area contributed by atoms with E-state index in [0.29, 0.717) is 23.7 Å². The number of methoxy groups -OCH3 is 1. The van der Waals surface area contributed by atoms with E-state index in [2.05, 4.69) is 25.9 Å². The summed E-state index contributed by atoms with van der Waals surface area (Å²) in [5.41, 5.74) is 1.79. The molecule has 0 bridgehead atoms. The summed E-state index contributed by atoms with van der Waals surface area (Å²) in [6, 6.07) is 7.73. The van der Waals surface area contributed by atoms with Gasteiger partial charge < -0.3 is 14.5 Å². The van der Waals surface area contributed by atoms with Gasteiger partial charge in [0.15, 0.2) is 0 Å². The summed E-state index contributed by atoms with van der Waals surface area (Å²) < 4.78 is 11.9. The Morgan fingerprint density at radius 3 is 2.90 bits per heavy atom. The Labute approximate surface area is 131 Å². The molecule has 1 N–H and O–H groups in total. The lowest BCUT2D eigenvalue weighted by Crippen LogP contribution is -2.00. The number of hydrogen-bond donors (Lipinski definition) is 1. The zero-order valence-corrected chi connectivity index (χ0v) is 13.7. The largest absolute Gasteiger partial charge is 0.494 e. The highest BCUT2D eigenvalue weighted by molar-refractivity contribution is 9.10. The van der Waals surface area contributed by atoms with Crippen LogP contribution in [0, 0.1) is 4.64 Å². The van der Waals surface area contributed by atoms with E-state index >= 15 is 0 Å². The molecule has 20 heavy (non-hydrogen) atoms. The van der Waals surface area contributed by atoms with Crippen molar-refractivity contribution in [3.8, 4) is 17.1 Å². The number of aromatic nitrogens is 2. The first-order chi connectivity index (χ1) is 9.65. The van der Waals surface area contributed by atoms with Crippen molar-refractivity contribution in [3.63, 3.8) is 0 Å². The molecule has 0 saturated carbocycles. The average Bonchev–Trinajstić information content (AvgIpc) is 2.44. The maximum absolute atomic E-state index is 5.50. The van der Waals surface area contributed by atoms with Gasteiger partial charge in [-0.25, -0.2) is 4.98 Å². The predicted molar refractivity (Wildman–Crippen MR) is 84.4 cm³/mol. The molecule has 0 radical (unpaired) electrons. The van der Waals surface area contributed by atoms with Gasteiger partial charge in [0.1, 0.15) is 16.2 Å². The van der Waals surface area contributed by atoms with Gasteiger partial charge in [-0.15, -0.1) is 0 Å². The Hall–Kier alpha value is -1.24. The predicted octanol–water partition coefficient (Wildman–Crippen LogP) is 4.11. The Kier molecular flexibility index (Phi) is 5.28. The zero-order valence-electron chi connectivity index (χ0n) is 11.3. The fraction of sp³-hybridized carbons (Fsp3) is 0.286. The molecule has 0 saturated heterocycles. The highest BCUT2D eigenvalue weighted by Crippen LogP contribution is 2.24. The molecule has 1 aromatic carbocycles. The molecule has 2 aromatic rings. The number of nitrogens with zero attached hydrogens (tertiary/aromatic N) is 1. The molecular weight excluding hydrogens is 340 g/mol. The van der Waals surface area contributed by atoms with Gasteiger partial charge in [0, 0.05) is 12.7 Å². The van der Waals surface area contributed by atoms with E-state index in [0.717, 1.165) is 21.5 Å². The van der Waals surface area contributed by atoms with E-state index in [1.165, 1.54) is 0 Å². The SMILES string of the molecule is CCOc1cccc(-c2nc(=S)c(Br)c(COC)[nH]2)c1. The van der Waals surface area contributed by atoms with Gasteiger partial charge >= 0.3 is 0 Å². The molecule has 0 unspecified atom stereocenters. The summed E-state index contributed by atoms with van der Waals surface area (Å²) in [6.45, 7) is 3.02. The summed E-state index contributed by atoms with van der Waals surface area (Å²) in [7, 11) is 1.64. The number of halogens is 1. The molecule has 0 aliphatic heterocycles. The zero-order chi connectivity index (χ0) is 14.5. The van der Waals surface area contributed by atoms with Crippen LogP contribution in [-0.2, 0) is 11.3 Å². The van der Waals surface area contributed by atoms with Crippen LogP contribution in [0.25, 0.3) is 11.4 Å². The lowest BCUT2D eigenvalue weighted by Gasteiger charge is -2.09. The highest BCUT2D eigenvalue weighted by Gasteiger charge is 2.08. The van der Waals surface area contributed by atoms with Gasteiger partial charge in [-0.1, -0.05) is 24.4 Å². The Balaban J connectivity index is 2.47. The minimum atomic E-state index is 0.435. The first kappa shape index (κ1) is 15.2. The number of benzene rings is 1. The number of ether oxygens (including phenoxy) is 2. The number of aromatic amines is 1. The van der Waals surface area contributed by atoms with Crippen molar-refractivity contribution in [2.45, 2.75) is 13.5 Å². The minimum absolute atomic E-state index is 0.435. The maximum atomic E-state index is 5.50. The van der Waals surface area contributed by atoms with Crippen molar-refractivity contribution in [2.24, 2.45) is 0 Å². The quantitative estimate of drug-likeness (QED) is 0.820. The van der Waals surface area contributed by atoms with Gasteiger partial charge in [-0.2, -0.15) is 0 Å². The molecule has 1 heterocycles. The summed E-state index contributed by atoms with van der Waals surface area (Å²) in [5, 5.41) is 0. The lowest BCUT2D eigenvalue weighted by atomic mass is 10.2. The van der Waals surface area contributed by atoms with E-state index in [9.17, 15) is 0 Å². The van der Waals surface area contributed by atoms with Crippen LogP contribution in [-0.4, -0.2) is 23.7 Å². The van der Waals surface area contributed by atoms with Crippen molar-refractivity contribution in [1.82, 2.24) is 9.97 Å². The molecule has 0 spiro atoms. The minimum Gasteiger partial charge on any atom is -0.494 e. The van der Waals surface area contributed by atoms with Crippen molar-refractivity contribution in [3.05, 3.63) is 39.1 Å². The maximum Gasteiger partial charge on any atom is 0.144 e. The Morgan fingerprint density at radius 1 is 1.40 bits per heavy atom. The normalized spacial score (nSPS) is 10.6. The monoisotopic (exact) mass is 354 g/mol. The highest BCUT2D eigenvalue weighted by atomic mass is 79.9. The van der Waals surface area contributed by atoms with E-state index in [4.69, 9.17) is 21.7 Å². The fourth-order valence-corrected chi connectivity index (χ4v) is 2.30. The van der Waals surface area contributed by atoms with Gasteiger partial charge in [0.05, 0.1) is 23.4 Å². The first-order valence-corrected chi connectivity index (χ1v) is 7.36. The molecule has 0 fully saturated rings. The Morgan fingerprint density at radius 2 is 2.20 bits per heavy atom. The fourth-order valence-electron chi connectivity index (χ4n) is 1.79. The first-order valence-electron chi connectivity index (χ1n) is 6.16. The Bertz CT molecular complexity index is 658. The molecule has 2 rings (SSSR count). The standard InChI is InChI=1S/C14H15BrN2O2S/c1-3-19-10-6-4-5-9(7-10)13-16-11(8-18-2)12(15)14(20)17-13/h4-7H,3,8H2,1-2H3,(H,16,17,20).